The fourth-order valence-corrected chi connectivity index (χ4v) is 4.33. The third-order valence-corrected chi connectivity index (χ3v) is 5.90. The molecule has 0 bridgehead atoms. The third kappa shape index (κ3) is 4.94. The smallest absolute Gasteiger partial charge is 0.417 e. The maximum atomic E-state index is 12.9. The molecule has 0 aliphatic carbocycles. The van der Waals surface area contributed by atoms with Crippen molar-refractivity contribution in [1.29, 1.82) is 0 Å². The summed E-state index contributed by atoms with van der Waals surface area (Å²) in [6, 6.07) is 4.20. The van der Waals surface area contributed by atoms with Crippen molar-refractivity contribution >= 4 is 38.9 Å². The molecule has 0 spiro atoms. The van der Waals surface area contributed by atoms with Crippen LogP contribution < -0.4 is 4.72 Å². The standard InChI is InChI=1S/C14H11ClF3NO4S2/c15-10-4-3-8(6-9(10)14(16,17)18)25(22,23)19-11(7-13(20)21)12-2-1-5-24-12/h1-6,11,19H,7H2,(H,20,21). The van der Waals surface area contributed by atoms with Gasteiger partial charge < -0.3 is 5.11 Å². The number of carboxylic acid groups (broad SMARTS) is 1. The number of nitrogens with one attached hydrogen (secondary N) is 1. The highest BCUT2D eigenvalue weighted by Crippen LogP contribution is 2.36. The Kier molecular flexibility index (Phi) is 5.77. The predicted molar refractivity (Wildman–Crippen MR) is 86.1 cm³/mol. The summed E-state index contributed by atoms with van der Waals surface area (Å²) in [4.78, 5) is 10.7. The number of rotatable bonds is 6. The molecular formula is C14H11ClF3NO4S2. The number of hydrogen-bond acceptors (Lipinski definition) is 4. The van der Waals surface area contributed by atoms with Crippen LogP contribution in [0.3, 0.4) is 0 Å². The van der Waals surface area contributed by atoms with E-state index >= 15 is 0 Å². The molecular weight excluding hydrogens is 403 g/mol. The van der Waals surface area contributed by atoms with Crippen LogP contribution in [0.25, 0.3) is 0 Å². The Morgan fingerprint density at radius 2 is 2.00 bits per heavy atom. The Bertz CT molecular complexity index is 867. The SMILES string of the molecule is O=C(O)CC(NS(=O)(=O)c1ccc(Cl)c(C(F)(F)F)c1)c1cccs1. The van der Waals surface area contributed by atoms with Gasteiger partial charge in [-0.2, -0.15) is 13.2 Å². The number of halogens is 4. The number of carbonyl (C=O) groups is 1. The first-order valence-electron chi connectivity index (χ1n) is 6.65. The zero-order valence-corrected chi connectivity index (χ0v) is 14.6. The van der Waals surface area contributed by atoms with Gasteiger partial charge in [-0.1, -0.05) is 17.7 Å². The van der Waals surface area contributed by atoms with E-state index in [0.29, 0.717) is 10.9 Å². The summed E-state index contributed by atoms with van der Waals surface area (Å²) in [5.41, 5.74) is -1.29. The lowest BCUT2D eigenvalue weighted by molar-refractivity contribution is -0.138. The van der Waals surface area contributed by atoms with E-state index in [0.717, 1.165) is 23.5 Å². The first-order chi connectivity index (χ1) is 11.5. The van der Waals surface area contributed by atoms with Crippen LogP contribution in [-0.2, 0) is 21.0 Å². The largest absolute Gasteiger partial charge is 0.481 e. The molecule has 1 atom stereocenters. The molecule has 0 radical (unpaired) electrons. The fraction of sp³-hybridized carbons (Fsp3) is 0.214. The molecule has 136 valence electrons. The Balaban J connectivity index is 2.39. The second-order valence-corrected chi connectivity index (χ2v) is 8.03. The van der Waals surface area contributed by atoms with E-state index in [-0.39, 0.29) is 0 Å². The van der Waals surface area contributed by atoms with Gasteiger partial charge in [0.15, 0.2) is 0 Å². The van der Waals surface area contributed by atoms with E-state index < -0.39 is 50.1 Å². The molecule has 25 heavy (non-hydrogen) atoms. The normalized spacial score (nSPS) is 13.6. The molecule has 1 aromatic heterocycles. The maximum absolute atomic E-state index is 12.9. The fourth-order valence-electron chi connectivity index (χ4n) is 2.01. The van der Waals surface area contributed by atoms with Crippen molar-refractivity contribution in [3.8, 4) is 0 Å². The molecule has 0 fully saturated rings. The van der Waals surface area contributed by atoms with Crippen molar-refractivity contribution in [3.05, 3.63) is 51.2 Å². The van der Waals surface area contributed by atoms with E-state index in [1.807, 2.05) is 0 Å². The summed E-state index contributed by atoms with van der Waals surface area (Å²) in [6.07, 6.45) is -5.38. The first-order valence-corrected chi connectivity index (χ1v) is 9.39. The summed E-state index contributed by atoms with van der Waals surface area (Å²) in [5, 5.41) is 9.94. The maximum Gasteiger partial charge on any atom is 0.417 e. The molecule has 1 heterocycles. The lowest BCUT2D eigenvalue weighted by Crippen LogP contribution is -2.30. The first kappa shape index (κ1) is 19.7. The average Bonchev–Trinajstić information content (AvgIpc) is 2.98. The zero-order valence-electron chi connectivity index (χ0n) is 12.2. The molecule has 0 saturated heterocycles. The number of sulfonamides is 1. The van der Waals surface area contributed by atoms with Crippen LogP contribution >= 0.6 is 22.9 Å². The van der Waals surface area contributed by atoms with Crippen molar-refractivity contribution in [2.75, 3.05) is 0 Å². The lowest BCUT2D eigenvalue weighted by atomic mass is 10.2. The van der Waals surface area contributed by atoms with Gasteiger partial charge in [0.1, 0.15) is 0 Å². The predicted octanol–water partition coefficient (Wildman–Crippen LogP) is 3.91. The van der Waals surface area contributed by atoms with Crippen molar-refractivity contribution in [1.82, 2.24) is 4.72 Å². The minimum Gasteiger partial charge on any atom is -0.481 e. The van der Waals surface area contributed by atoms with Crippen molar-refractivity contribution in [2.45, 2.75) is 23.5 Å². The lowest BCUT2D eigenvalue weighted by Gasteiger charge is -2.17. The quantitative estimate of drug-likeness (QED) is 0.752. The average molecular weight is 414 g/mol. The van der Waals surface area contributed by atoms with Crippen LogP contribution in [0, 0.1) is 0 Å². The van der Waals surface area contributed by atoms with Gasteiger partial charge in [0, 0.05) is 4.88 Å². The van der Waals surface area contributed by atoms with Gasteiger partial charge in [-0.25, -0.2) is 13.1 Å². The summed E-state index contributed by atoms with van der Waals surface area (Å²) in [7, 11) is -4.40. The van der Waals surface area contributed by atoms with Gasteiger partial charge in [0.25, 0.3) is 0 Å². The van der Waals surface area contributed by atoms with Gasteiger partial charge in [-0.15, -0.1) is 11.3 Å². The number of carboxylic acids is 1. The van der Waals surface area contributed by atoms with Gasteiger partial charge in [0.05, 0.1) is 27.9 Å². The summed E-state index contributed by atoms with van der Waals surface area (Å²) in [5.74, 6) is -1.26. The van der Waals surface area contributed by atoms with Gasteiger partial charge in [-0.05, 0) is 29.6 Å². The number of alkyl halides is 3. The van der Waals surface area contributed by atoms with Crippen LogP contribution in [0.5, 0.6) is 0 Å². The molecule has 5 nitrogen and oxygen atoms in total. The van der Waals surface area contributed by atoms with E-state index in [2.05, 4.69) is 4.72 Å². The minimum absolute atomic E-state index is 0.414. The summed E-state index contributed by atoms with van der Waals surface area (Å²) < 4.78 is 65.6. The Morgan fingerprint density at radius 1 is 1.32 bits per heavy atom. The molecule has 0 saturated carbocycles. The van der Waals surface area contributed by atoms with Crippen LogP contribution in [0.15, 0.2) is 40.6 Å². The highest BCUT2D eigenvalue weighted by molar-refractivity contribution is 7.89. The van der Waals surface area contributed by atoms with Crippen molar-refractivity contribution < 1.29 is 31.5 Å². The van der Waals surface area contributed by atoms with E-state index in [1.54, 1.807) is 11.4 Å². The Labute approximate surface area is 150 Å². The Morgan fingerprint density at radius 3 is 2.52 bits per heavy atom. The van der Waals surface area contributed by atoms with E-state index in [9.17, 15) is 26.4 Å². The third-order valence-electron chi connectivity index (χ3n) is 3.12. The molecule has 1 aromatic carbocycles. The zero-order chi connectivity index (χ0) is 18.8. The molecule has 0 amide bonds. The molecule has 1 unspecified atom stereocenters. The van der Waals surface area contributed by atoms with Crippen LogP contribution in [0.1, 0.15) is 22.9 Å². The van der Waals surface area contributed by atoms with Crippen LogP contribution in [0.4, 0.5) is 13.2 Å². The second kappa shape index (κ2) is 7.32. The van der Waals surface area contributed by atoms with E-state index in [1.165, 1.54) is 6.07 Å². The molecule has 11 heteroatoms. The molecule has 2 aromatic rings. The summed E-state index contributed by atoms with van der Waals surface area (Å²) >= 11 is 6.60. The molecule has 0 aliphatic heterocycles. The number of thiophene rings is 1. The van der Waals surface area contributed by atoms with Crippen molar-refractivity contribution in [2.24, 2.45) is 0 Å². The topological polar surface area (TPSA) is 83.5 Å². The van der Waals surface area contributed by atoms with Gasteiger partial charge in [-0.3, -0.25) is 4.79 Å². The van der Waals surface area contributed by atoms with Crippen molar-refractivity contribution in [3.63, 3.8) is 0 Å². The van der Waals surface area contributed by atoms with Crippen LogP contribution in [0.2, 0.25) is 5.02 Å². The summed E-state index contributed by atoms with van der Waals surface area (Å²) in [6.45, 7) is 0. The Hall–Kier alpha value is -1.62. The van der Waals surface area contributed by atoms with Crippen LogP contribution in [-0.4, -0.2) is 19.5 Å². The number of benzene rings is 1. The van der Waals surface area contributed by atoms with Gasteiger partial charge in [0.2, 0.25) is 10.0 Å². The number of aliphatic carboxylic acids is 1. The monoisotopic (exact) mass is 413 g/mol. The second-order valence-electron chi connectivity index (χ2n) is 4.93. The highest BCUT2D eigenvalue weighted by Gasteiger charge is 2.35. The highest BCUT2D eigenvalue weighted by atomic mass is 35.5. The number of hydrogen-bond donors (Lipinski definition) is 2. The minimum atomic E-state index is -4.82. The molecule has 2 N–H and O–H groups in total. The molecule has 2 rings (SSSR count). The van der Waals surface area contributed by atoms with Gasteiger partial charge >= 0.3 is 12.1 Å². The van der Waals surface area contributed by atoms with E-state index in [4.69, 9.17) is 16.7 Å². The molecule has 0 aliphatic rings.